The molecule has 0 aliphatic heterocycles. The van der Waals surface area contributed by atoms with Crippen LogP contribution in [0.4, 0.5) is 0 Å². The molecule has 0 heterocycles. The van der Waals surface area contributed by atoms with Crippen LogP contribution in [0, 0.1) is 11.3 Å². The summed E-state index contributed by atoms with van der Waals surface area (Å²) in [7, 11) is 0. The second kappa shape index (κ2) is 6.07. The van der Waals surface area contributed by atoms with Crippen LogP contribution < -0.4 is 11.1 Å². The van der Waals surface area contributed by atoms with Crippen molar-refractivity contribution in [1.82, 2.24) is 5.32 Å². The molecule has 0 radical (unpaired) electrons. The first-order chi connectivity index (χ1) is 7.27. The Kier molecular flexibility index (Phi) is 5.34. The van der Waals surface area contributed by atoms with Crippen LogP contribution in [-0.4, -0.2) is 19.0 Å². The van der Waals surface area contributed by atoms with Gasteiger partial charge in [0.05, 0.1) is 0 Å². The van der Waals surface area contributed by atoms with E-state index in [1.54, 1.807) is 0 Å². The summed E-state index contributed by atoms with van der Waals surface area (Å²) in [6, 6.07) is 0. The van der Waals surface area contributed by atoms with Crippen LogP contribution >= 0.6 is 24.0 Å². The molecule has 0 bridgehead atoms. The highest BCUT2D eigenvalue weighted by Crippen LogP contribution is 2.61. The molecule has 3 N–H and O–H groups in total. The number of nitrogens with one attached hydrogen (secondary N) is 1. The maximum Gasteiger partial charge on any atom is 0.188 e. The lowest BCUT2D eigenvalue weighted by Gasteiger charge is -2.11. The van der Waals surface area contributed by atoms with Gasteiger partial charge in [-0.3, -0.25) is 4.99 Å². The van der Waals surface area contributed by atoms with Gasteiger partial charge in [-0.05, 0) is 43.4 Å². The lowest BCUT2D eigenvalue weighted by Crippen LogP contribution is -2.33. The number of halogens is 1. The van der Waals surface area contributed by atoms with Gasteiger partial charge in [-0.15, -0.1) is 24.0 Å². The number of nitrogens with two attached hydrogens (primary N) is 1. The molecule has 0 spiro atoms. The van der Waals surface area contributed by atoms with Crippen molar-refractivity contribution in [2.45, 2.75) is 45.4 Å². The molecule has 0 atom stereocenters. The topological polar surface area (TPSA) is 50.4 Å². The first-order valence-electron chi connectivity index (χ1n) is 6.31. The van der Waals surface area contributed by atoms with Crippen LogP contribution in [-0.2, 0) is 0 Å². The van der Waals surface area contributed by atoms with E-state index < -0.39 is 0 Å². The monoisotopic (exact) mass is 337 g/mol. The van der Waals surface area contributed by atoms with E-state index in [4.69, 9.17) is 5.73 Å². The second-order valence-corrected chi connectivity index (χ2v) is 5.12. The molecule has 2 rings (SSSR count). The van der Waals surface area contributed by atoms with Gasteiger partial charge in [0.15, 0.2) is 5.96 Å². The van der Waals surface area contributed by atoms with Crippen LogP contribution in [0.2, 0.25) is 0 Å². The van der Waals surface area contributed by atoms with Crippen molar-refractivity contribution in [1.29, 1.82) is 0 Å². The molecular formula is C12H24IN3. The summed E-state index contributed by atoms with van der Waals surface area (Å²) in [5.74, 6) is 1.63. The summed E-state index contributed by atoms with van der Waals surface area (Å²) in [6.07, 6.45) is 7.99. The molecule has 0 saturated heterocycles. The Balaban J connectivity index is 0.00000128. The quantitative estimate of drug-likeness (QED) is 0.339. The average Bonchev–Trinajstić information content (AvgIpc) is 3.06. The molecule has 4 heteroatoms. The molecule has 94 valence electrons. The number of nitrogens with zero attached hydrogens (tertiary/aromatic N) is 1. The summed E-state index contributed by atoms with van der Waals surface area (Å²) in [5.41, 5.74) is 6.39. The number of hydrogen-bond acceptors (Lipinski definition) is 1. The van der Waals surface area contributed by atoms with E-state index in [0.717, 1.165) is 19.0 Å². The SMILES string of the molecule is CCCCNC(N)=NCC1(C2CC2)CC1.I. The summed E-state index contributed by atoms with van der Waals surface area (Å²) in [5, 5.41) is 3.17. The normalized spacial score (nSPS) is 22.4. The number of aliphatic imine (C=N–C) groups is 1. The predicted octanol–water partition coefficient (Wildman–Crippen LogP) is 2.50. The zero-order valence-corrected chi connectivity index (χ0v) is 12.5. The summed E-state index contributed by atoms with van der Waals surface area (Å²) < 4.78 is 0. The standard InChI is InChI=1S/C12H23N3.HI/c1-2-3-8-14-11(13)15-9-12(6-7-12)10-4-5-10;/h10H,2-9H2,1H3,(H3,13,14,15);1H. The van der Waals surface area contributed by atoms with Gasteiger partial charge in [-0.25, -0.2) is 0 Å². The fourth-order valence-corrected chi connectivity index (χ4v) is 2.24. The molecule has 2 aliphatic carbocycles. The smallest absolute Gasteiger partial charge is 0.188 e. The third kappa shape index (κ3) is 3.79. The van der Waals surface area contributed by atoms with E-state index in [-0.39, 0.29) is 24.0 Å². The molecular weight excluding hydrogens is 313 g/mol. The van der Waals surface area contributed by atoms with Gasteiger partial charge in [0.2, 0.25) is 0 Å². The Morgan fingerprint density at radius 2 is 2.12 bits per heavy atom. The van der Waals surface area contributed by atoms with Crippen molar-refractivity contribution in [3.63, 3.8) is 0 Å². The Morgan fingerprint density at radius 3 is 2.62 bits per heavy atom. The van der Waals surface area contributed by atoms with E-state index in [0.29, 0.717) is 11.4 Å². The number of rotatable bonds is 6. The predicted molar refractivity (Wildman–Crippen MR) is 79.2 cm³/mol. The van der Waals surface area contributed by atoms with Crippen LogP contribution in [0.5, 0.6) is 0 Å². The van der Waals surface area contributed by atoms with Crippen LogP contribution in [0.25, 0.3) is 0 Å². The largest absolute Gasteiger partial charge is 0.370 e. The fraction of sp³-hybridized carbons (Fsp3) is 0.917. The number of hydrogen-bond donors (Lipinski definition) is 2. The van der Waals surface area contributed by atoms with Crippen molar-refractivity contribution in [2.24, 2.45) is 22.1 Å². The Labute approximate surface area is 116 Å². The molecule has 2 aliphatic rings. The highest BCUT2D eigenvalue weighted by molar-refractivity contribution is 14.0. The first-order valence-corrected chi connectivity index (χ1v) is 6.31. The van der Waals surface area contributed by atoms with Crippen molar-refractivity contribution < 1.29 is 0 Å². The second-order valence-electron chi connectivity index (χ2n) is 5.12. The molecule has 0 aromatic rings. The molecule has 2 fully saturated rings. The van der Waals surface area contributed by atoms with Gasteiger partial charge in [-0.1, -0.05) is 13.3 Å². The number of unbranched alkanes of at least 4 members (excludes halogenated alkanes) is 1. The van der Waals surface area contributed by atoms with Gasteiger partial charge < -0.3 is 11.1 Å². The van der Waals surface area contributed by atoms with Crippen molar-refractivity contribution in [3.8, 4) is 0 Å². The maximum absolute atomic E-state index is 5.81. The van der Waals surface area contributed by atoms with Crippen LogP contribution in [0.1, 0.15) is 45.4 Å². The Morgan fingerprint density at radius 1 is 1.44 bits per heavy atom. The summed E-state index contributed by atoms with van der Waals surface area (Å²) in [6.45, 7) is 4.10. The Hall–Kier alpha value is 0. The molecule has 3 nitrogen and oxygen atoms in total. The lowest BCUT2D eigenvalue weighted by molar-refractivity contribution is 0.453. The third-order valence-electron chi connectivity index (χ3n) is 3.74. The molecule has 16 heavy (non-hydrogen) atoms. The van der Waals surface area contributed by atoms with Gasteiger partial charge in [0.25, 0.3) is 0 Å². The minimum atomic E-state index is 0. The Bertz CT molecular complexity index is 245. The van der Waals surface area contributed by atoms with E-state index in [1.165, 1.54) is 38.5 Å². The molecule has 0 unspecified atom stereocenters. The zero-order valence-electron chi connectivity index (χ0n) is 10.2. The van der Waals surface area contributed by atoms with Crippen LogP contribution in [0.15, 0.2) is 4.99 Å². The highest BCUT2D eigenvalue weighted by Gasteiger charge is 2.53. The lowest BCUT2D eigenvalue weighted by atomic mass is 10.0. The van der Waals surface area contributed by atoms with Crippen molar-refractivity contribution >= 4 is 29.9 Å². The van der Waals surface area contributed by atoms with Crippen molar-refractivity contribution in [2.75, 3.05) is 13.1 Å². The van der Waals surface area contributed by atoms with E-state index in [9.17, 15) is 0 Å². The minimum absolute atomic E-state index is 0. The first kappa shape index (κ1) is 14.1. The average molecular weight is 337 g/mol. The summed E-state index contributed by atoms with van der Waals surface area (Å²) >= 11 is 0. The van der Waals surface area contributed by atoms with Crippen LogP contribution in [0.3, 0.4) is 0 Å². The molecule has 0 amide bonds. The van der Waals surface area contributed by atoms with Gasteiger partial charge >= 0.3 is 0 Å². The molecule has 2 saturated carbocycles. The van der Waals surface area contributed by atoms with E-state index in [2.05, 4.69) is 17.2 Å². The maximum atomic E-state index is 5.81. The van der Waals surface area contributed by atoms with Gasteiger partial charge in [0.1, 0.15) is 0 Å². The molecule has 0 aromatic heterocycles. The van der Waals surface area contributed by atoms with Gasteiger partial charge in [0, 0.05) is 13.1 Å². The molecule has 0 aromatic carbocycles. The van der Waals surface area contributed by atoms with Crippen molar-refractivity contribution in [3.05, 3.63) is 0 Å². The zero-order chi connectivity index (χ0) is 10.7. The van der Waals surface area contributed by atoms with E-state index in [1.807, 2.05) is 0 Å². The number of guanidine groups is 1. The highest BCUT2D eigenvalue weighted by atomic mass is 127. The van der Waals surface area contributed by atoms with E-state index >= 15 is 0 Å². The van der Waals surface area contributed by atoms with Gasteiger partial charge in [-0.2, -0.15) is 0 Å². The summed E-state index contributed by atoms with van der Waals surface area (Å²) in [4.78, 5) is 4.47. The third-order valence-corrected chi connectivity index (χ3v) is 3.74. The minimum Gasteiger partial charge on any atom is -0.370 e. The fourth-order valence-electron chi connectivity index (χ4n) is 2.24.